The van der Waals surface area contributed by atoms with E-state index in [2.05, 4.69) is 5.32 Å². The molecule has 0 heterocycles. The quantitative estimate of drug-likeness (QED) is 0.399. The molecule has 1 N–H and O–H groups in total. The fourth-order valence-electron chi connectivity index (χ4n) is 3.53. The molecule has 1 atom stereocenters. The summed E-state index contributed by atoms with van der Waals surface area (Å²) in [5, 5.41) is 3.80. The Labute approximate surface area is 210 Å². The maximum absolute atomic E-state index is 13.5. The number of nitrogens with one attached hydrogen (secondary N) is 1. The molecule has 0 unspecified atom stereocenters. The highest BCUT2D eigenvalue weighted by atomic mass is 35.5. The highest BCUT2D eigenvalue weighted by Gasteiger charge is 2.32. The van der Waals surface area contributed by atoms with Gasteiger partial charge in [0, 0.05) is 34.6 Å². The molecule has 0 aliphatic carbocycles. The van der Waals surface area contributed by atoms with Crippen LogP contribution in [0.1, 0.15) is 25.0 Å². The molecule has 7 heteroatoms. The third kappa shape index (κ3) is 7.24. The first-order valence-electron chi connectivity index (χ1n) is 11.1. The lowest BCUT2D eigenvalue weighted by Crippen LogP contribution is -2.52. The molecule has 0 saturated heterocycles. The third-order valence-electron chi connectivity index (χ3n) is 5.20. The van der Waals surface area contributed by atoms with Gasteiger partial charge in [-0.2, -0.15) is 0 Å². The largest absolute Gasteiger partial charge is 0.484 e. The van der Waals surface area contributed by atoms with Crippen molar-refractivity contribution in [2.75, 3.05) is 6.61 Å². The minimum absolute atomic E-state index is 0.0680. The minimum Gasteiger partial charge on any atom is -0.484 e. The zero-order valence-corrected chi connectivity index (χ0v) is 20.7. The second kappa shape index (κ2) is 12.4. The molecule has 0 aromatic heterocycles. The van der Waals surface area contributed by atoms with Crippen molar-refractivity contribution in [1.82, 2.24) is 10.2 Å². The number of halogens is 2. The van der Waals surface area contributed by atoms with Crippen LogP contribution in [0.4, 0.5) is 0 Å². The Bertz CT molecular complexity index is 1070. The molecule has 0 fully saturated rings. The fraction of sp³-hybridized carbons (Fsp3) is 0.259. The van der Waals surface area contributed by atoms with Gasteiger partial charge in [-0.25, -0.2) is 0 Å². The summed E-state index contributed by atoms with van der Waals surface area (Å²) < 4.78 is 5.72. The molecule has 0 spiro atoms. The molecule has 178 valence electrons. The fourth-order valence-corrected chi connectivity index (χ4v) is 4.05. The second-order valence-electron chi connectivity index (χ2n) is 8.19. The van der Waals surface area contributed by atoms with E-state index in [1.807, 2.05) is 62.4 Å². The van der Waals surface area contributed by atoms with E-state index in [0.717, 1.165) is 5.56 Å². The van der Waals surface area contributed by atoms with Gasteiger partial charge in [-0.15, -0.1) is 0 Å². The van der Waals surface area contributed by atoms with Crippen LogP contribution in [0.5, 0.6) is 5.75 Å². The van der Waals surface area contributed by atoms with E-state index in [1.54, 1.807) is 30.3 Å². The van der Waals surface area contributed by atoms with Crippen LogP contribution >= 0.6 is 23.2 Å². The Morgan fingerprint density at radius 3 is 2.06 bits per heavy atom. The summed E-state index contributed by atoms with van der Waals surface area (Å²) in [4.78, 5) is 28.3. The monoisotopic (exact) mass is 498 g/mol. The number of amides is 2. The highest BCUT2D eigenvalue weighted by Crippen LogP contribution is 2.27. The van der Waals surface area contributed by atoms with Crippen molar-refractivity contribution in [3.8, 4) is 5.75 Å². The lowest BCUT2D eigenvalue weighted by atomic mass is 10.0. The number of hydrogen-bond acceptors (Lipinski definition) is 3. The van der Waals surface area contributed by atoms with Gasteiger partial charge in [0.05, 0.1) is 0 Å². The molecule has 0 radical (unpaired) electrons. The van der Waals surface area contributed by atoms with E-state index in [1.165, 1.54) is 4.90 Å². The van der Waals surface area contributed by atoms with Crippen LogP contribution < -0.4 is 10.1 Å². The zero-order chi connectivity index (χ0) is 24.5. The lowest BCUT2D eigenvalue weighted by Gasteiger charge is -2.32. The summed E-state index contributed by atoms with van der Waals surface area (Å²) in [6.07, 6.45) is 0.332. The van der Waals surface area contributed by atoms with E-state index >= 15 is 0 Å². The highest BCUT2D eigenvalue weighted by molar-refractivity contribution is 6.36. The number of para-hydroxylation sites is 1. The van der Waals surface area contributed by atoms with E-state index in [-0.39, 0.29) is 31.0 Å². The first-order chi connectivity index (χ1) is 16.3. The average molecular weight is 499 g/mol. The predicted molar refractivity (Wildman–Crippen MR) is 136 cm³/mol. The summed E-state index contributed by atoms with van der Waals surface area (Å²) in [5.41, 5.74) is 1.51. The van der Waals surface area contributed by atoms with Crippen molar-refractivity contribution >= 4 is 35.0 Å². The number of carbonyl (C=O) groups excluding carboxylic acids is 2. The summed E-state index contributed by atoms with van der Waals surface area (Å²) >= 11 is 12.9. The molecule has 0 bridgehead atoms. The van der Waals surface area contributed by atoms with Crippen molar-refractivity contribution in [3.63, 3.8) is 0 Å². The molecule has 0 saturated carbocycles. The molecule has 0 aliphatic heterocycles. The van der Waals surface area contributed by atoms with Crippen LogP contribution in [-0.4, -0.2) is 35.4 Å². The van der Waals surface area contributed by atoms with Crippen LogP contribution in [0.3, 0.4) is 0 Å². The van der Waals surface area contributed by atoms with Gasteiger partial charge in [-0.1, -0.05) is 77.8 Å². The summed E-state index contributed by atoms with van der Waals surface area (Å²) in [6.45, 7) is 3.60. The van der Waals surface area contributed by atoms with Crippen LogP contribution in [0.15, 0.2) is 78.9 Å². The number of ether oxygens (including phenoxy) is 1. The van der Waals surface area contributed by atoms with E-state index in [4.69, 9.17) is 27.9 Å². The molecular formula is C27H28Cl2N2O3. The minimum atomic E-state index is -0.788. The van der Waals surface area contributed by atoms with Crippen LogP contribution in [0, 0.1) is 0 Å². The van der Waals surface area contributed by atoms with Crippen molar-refractivity contribution < 1.29 is 14.3 Å². The van der Waals surface area contributed by atoms with Gasteiger partial charge in [0.25, 0.3) is 5.91 Å². The third-order valence-corrected chi connectivity index (χ3v) is 5.91. The Morgan fingerprint density at radius 2 is 1.47 bits per heavy atom. The Kier molecular flexibility index (Phi) is 9.37. The van der Waals surface area contributed by atoms with Crippen LogP contribution in [0.2, 0.25) is 10.0 Å². The first kappa shape index (κ1) is 25.6. The number of rotatable bonds is 10. The molecule has 2 amide bonds. The summed E-state index contributed by atoms with van der Waals surface area (Å²) in [7, 11) is 0. The van der Waals surface area contributed by atoms with E-state index in [9.17, 15) is 9.59 Å². The molecule has 0 aliphatic rings. The second-order valence-corrected chi connectivity index (χ2v) is 9.01. The van der Waals surface area contributed by atoms with Gasteiger partial charge < -0.3 is 15.0 Å². The van der Waals surface area contributed by atoms with Gasteiger partial charge in [-0.05, 0) is 43.7 Å². The van der Waals surface area contributed by atoms with Crippen LogP contribution in [0.25, 0.3) is 0 Å². The Balaban J connectivity index is 1.95. The van der Waals surface area contributed by atoms with Crippen molar-refractivity contribution in [2.45, 2.75) is 38.9 Å². The van der Waals surface area contributed by atoms with Gasteiger partial charge in [0.2, 0.25) is 5.91 Å². The Morgan fingerprint density at radius 1 is 0.882 bits per heavy atom. The number of hydrogen-bond donors (Lipinski definition) is 1. The molecule has 3 rings (SSSR count). The van der Waals surface area contributed by atoms with Gasteiger partial charge in [0.1, 0.15) is 11.8 Å². The lowest BCUT2D eigenvalue weighted by molar-refractivity contribution is -0.143. The molecule has 5 nitrogen and oxygen atoms in total. The normalized spacial score (nSPS) is 11.7. The SMILES string of the molecule is CC(C)NC(=O)[C@@H](Cc1ccccc1)N(Cc1c(Cl)cccc1Cl)C(=O)COc1ccccc1. The van der Waals surface area contributed by atoms with Gasteiger partial charge in [-0.3, -0.25) is 9.59 Å². The molecular weight excluding hydrogens is 471 g/mol. The predicted octanol–water partition coefficient (Wildman–Crippen LogP) is 5.54. The standard InChI is InChI=1S/C27H28Cl2N2O3/c1-19(2)30-27(33)25(16-20-10-5-3-6-11-20)31(17-22-23(28)14-9-15-24(22)29)26(32)18-34-21-12-7-4-8-13-21/h3-15,19,25H,16-18H2,1-2H3,(H,30,33)/t25-/m1/s1. The van der Waals surface area contributed by atoms with Crippen molar-refractivity contribution in [3.05, 3.63) is 100 Å². The Hall–Kier alpha value is -3.02. The van der Waals surface area contributed by atoms with E-state index in [0.29, 0.717) is 27.8 Å². The molecule has 34 heavy (non-hydrogen) atoms. The maximum Gasteiger partial charge on any atom is 0.261 e. The molecule has 3 aromatic rings. The zero-order valence-electron chi connectivity index (χ0n) is 19.2. The summed E-state index contributed by atoms with van der Waals surface area (Å²) in [5.74, 6) is -0.0346. The molecule has 3 aromatic carbocycles. The maximum atomic E-state index is 13.5. The number of carbonyl (C=O) groups is 2. The van der Waals surface area contributed by atoms with Crippen molar-refractivity contribution in [2.24, 2.45) is 0 Å². The van der Waals surface area contributed by atoms with E-state index < -0.39 is 6.04 Å². The van der Waals surface area contributed by atoms with Crippen molar-refractivity contribution in [1.29, 1.82) is 0 Å². The topological polar surface area (TPSA) is 58.6 Å². The first-order valence-corrected chi connectivity index (χ1v) is 11.8. The average Bonchev–Trinajstić information content (AvgIpc) is 2.82. The van der Waals surface area contributed by atoms with Gasteiger partial charge in [0.15, 0.2) is 6.61 Å². The number of benzene rings is 3. The summed E-state index contributed by atoms with van der Waals surface area (Å²) in [6, 6.07) is 22.9. The van der Waals surface area contributed by atoms with Gasteiger partial charge >= 0.3 is 0 Å². The smallest absolute Gasteiger partial charge is 0.261 e. The number of nitrogens with zero attached hydrogens (tertiary/aromatic N) is 1. The van der Waals surface area contributed by atoms with Crippen LogP contribution in [-0.2, 0) is 22.6 Å².